The molecular formula is C45H70N6O6. The lowest BCUT2D eigenvalue weighted by atomic mass is 9.55. The number of ether oxygens (including phenoxy) is 1. The van der Waals surface area contributed by atoms with Crippen LogP contribution in [-0.4, -0.2) is 131 Å². The summed E-state index contributed by atoms with van der Waals surface area (Å²) >= 11 is 0. The second kappa shape index (κ2) is 17.4. The first-order valence-electron chi connectivity index (χ1n) is 23.5. The van der Waals surface area contributed by atoms with Gasteiger partial charge in [0, 0.05) is 50.6 Å². The molecule has 5 saturated heterocycles. The number of aliphatic hydroxyl groups excluding tert-OH is 2. The van der Waals surface area contributed by atoms with Crippen molar-refractivity contribution in [1.82, 2.24) is 30.7 Å². The van der Waals surface area contributed by atoms with Crippen molar-refractivity contribution in [2.75, 3.05) is 45.9 Å². The monoisotopic (exact) mass is 791 g/mol. The normalized spacial score (nSPS) is 41.5. The highest BCUT2D eigenvalue weighted by molar-refractivity contribution is 5.99. The van der Waals surface area contributed by atoms with Crippen LogP contribution < -0.4 is 16.0 Å². The van der Waals surface area contributed by atoms with Gasteiger partial charge < -0.3 is 25.2 Å². The van der Waals surface area contributed by atoms with E-state index in [4.69, 9.17) is 4.74 Å². The van der Waals surface area contributed by atoms with E-state index < -0.39 is 17.4 Å². The number of esters is 1. The van der Waals surface area contributed by atoms with Gasteiger partial charge in [-0.15, -0.1) is 5.92 Å². The van der Waals surface area contributed by atoms with Crippen LogP contribution in [-0.2, 0) is 19.1 Å². The molecule has 57 heavy (non-hydrogen) atoms. The zero-order valence-electron chi connectivity index (χ0n) is 34.3. The molecule has 9 fully saturated rings. The van der Waals surface area contributed by atoms with Gasteiger partial charge in [-0.05, 0) is 114 Å². The Morgan fingerprint density at radius 1 is 0.807 bits per heavy atom. The van der Waals surface area contributed by atoms with Crippen molar-refractivity contribution in [2.24, 2.45) is 40.9 Å². The Bertz CT molecular complexity index is 1500. The van der Waals surface area contributed by atoms with Gasteiger partial charge in [-0.25, -0.2) is 0 Å². The standard InChI is InChI=1S/C45H70N6O6/c52-27-8-7-10-29-15-20-35-34(28-29)45(43(56)48-35)36(41(54)49-23-25-50(26-24-49)44-46-21-9-22-47-44)38-42(55)57-39(31-13-5-2-6-14-31)37(30-11-3-1-4-12-30)51(38)40(45)32-16-18-33(53)19-17-32/h29-40,44,46-47,52-53H,1-6,8-9,11-28H2,(H,48,56)/t29?,32?,33?,34?,35?,36-,37-,38-,39+,40+,45-/m0/s1. The molecule has 5 aliphatic heterocycles. The van der Waals surface area contributed by atoms with Crippen LogP contribution in [0.5, 0.6) is 0 Å². The number of morpholine rings is 1. The molecule has 0 bridgehead atoms. The number of hydrogen-bond acceptors (Lipinski definition) is 10. The van der Waals surface area contributed by atoms with Crippen molar-refractivity contribution in [3.8, 4) is 11.8 Å². The quantitative estimate of drug-likeness (QED) is 0.201. The number of piperazine rings is 1. The van der Waals surface area contributed by atoms with Crippen molar-refractivity contribution in [2.45, 2.75) is 165 Å². The number of hydrogen-bond donors (Lipinski definition) is 5. The van der Waals surface area contributed by atoms with Crippen LogP contribution in [0.2, 0.25) is 0 Å². The summed E-state index contributed by atoms with van der Waals surface area (Å²) in [6, 6.07) is -1.23. The maximum Gasteiger partial charge on any atom is 0.324 e. The van der Waals surface area contributed by atoms with Crippen molar-refractivity contribution in [1.29, 1.82) is 0 Å². The second-order valence-electron chi connectivity index (χ2n) is 19.5. The molecule has 4 aliphatic carbocycles. The number of amides is 2. The minimum Gasteiger partial charge on any atom is -0.459 e. The van der Waals surface area contributed by atoms with Gasteiger partial charge in [-0.1, -0.05) is 44.4 Å². The van der Waals surface area contributed by atoms with Crippen LogP contribution >= 0.6 is 0 Å². The van der Waals surface area contributed by atoms with Crippen LogP contribution in [0.3, 0.4) is 0 Å². The molecule has 0 aromatic heterocycles. The van der Waals surface area contributed by atoms with Crippen LogP contribution in [0.1, 0.15) is 122 Å². The van der Waals surface area contributed by atoms with E-state index in [1.807, 2.05) is 4.90 Å². The van der Waals surface area contributed by atoms with Gasteiger partial charge in [0.1, 0.15) is 18.4 Å². The van der Waals surface area contributed by atoms with E-state index in [-0.39, 0.29) is 84.7 Å². The van der Waals surface area contributed by atoms with E-state index in [9.17, 15) is 10.2 Å². The van der Waals surface area contributed by atoms with Crippen molar-refractivity contribution >= 4 is 17.8 Å². The number of fused-ring (bicyclic) bond motifs is 3. The molecule has 5 N–H and O–H groups in total. The predicted octanol–water partition coefficient (Wildman–Crippen LogP) is 2.96. The minimum absolute atomic E-state index is 0.0194. The van der Waals surface area contributed by atoms with Crippen molar-refractivity contribution in [3.05, 3.63) is 0 Å². The maximum atomic E-state index is 15.9. The van der Waals surface area contributed by atoms with E-state index in [2.05, 4.69) is 37.6 Å². The first-order valence-corrected chi connectivity index (χ1v) is 23.5. The van der Waals surface area contributed by atoms with Gasteiger partial charge >= 0.3 is 5.97 Å². The smallest absolute Gasteiger partial charge is 0.324 e. The molecule has 316 valence electrons. The summed E-state index contributed by atoms with van der Waals surface area (Å²) in [4.78, 5) is 53.7. The summed E-state index contributed by atoms with van der Waals surface area (Å²) in [5.41, 5.74) is -1.12. The lowest BCUT2D eigenvalue weighted by Gasteiger charge is -2.54. The Kier molecular flexibility index (Phi) is 12.2. The fourth-order valence-electron chi connectivity index (χ4n) is 14.1. The van der Waals surface area contributed by atoms with E-state index >= 15 is 14.4 Å². The fourth-order valence-corrected chi connectivity index (χ4v) is 14.1. The molecule has 3 unspecified atom stereocenters. The summed E-state index contributed by atoms with van der Waals surface area (Å²) in [7, 11) is 0. The van der Waals surface area contributed by atoms with E-state index in [1.165, 1.54) is 12.8 Å². The van der Waals surface area contributed by atoms with Gasteiger partial charge in [0.2, 0.25) is 11.8 Å². The fraction of sp³-hybridized carbons (Fsp3) is 0.889. The van der Waals surface area contributed by atoms with Gasteiger partial charge in [0.15, 0.2) is 0 Å². The number of nitrogens with one attached hydrogen (secondary N) is 3. The van der Waals surface area contributed by atoms with Gasteiger partial charge in [0.05, 0.1) is 30.1 Å². The first-order chi connectivity index (χ1) is 27.9. The lowest BCUT2D eigenvalue weighted by molar-refractivity contribution is -0.191. The number of nitrogens with zero attached hydrogens (tertiary/aromatic N) is 3. The van der Waals surface area contributed by atoms with Crippen LogP contribution in [0, 0.1) is 52.8 Å². The van der Waals surface area contributed by atoms with E-state index in [1.54, 1.807) is 0 Å². The zero-order valence-corrected chi connectivity index (χ0v) is 34.3. The number of rotatable bonds is 6. The molecule has 0 aromatic carbocycles. The summed E-state index contributed by atoms with van der Waals surface area (Å²) in [6.45, 7) is 4.49. The molecule has 0 aromatic rings. The van der Waals surface area contributed by atoms with E-state index in [0.29, 0.717) is 57.8 Å². The minimum atomic E-state index is -1.12. The Morgan fingerprint density at radius 2 is 1.49 bits per heavy atom. The molecule has 0 radical (unpaired) electrons. The zero-order chi connectivity index (χ0) is 39.1. The third kappa shape index (κ3) is 7.36. The average molecular weight is 791 g/mol. The van der Waals surface area contributed by atoms with Gasteiger partial charge in [-0.2, -0.15) is 0 Å². The third-order valence-electron chi connectivity index (χ3n) is 16.6. The molecule has 9 rings (SSSR count). The topological polar surface area (TPSA) is 147 Å². The molecular weight excluding hydrogens is 721 g/mol. The maximum absolute atomic E-state index is 15.9. The molecule has 5 heterocycles. The summed E-state index contributed by atoms with van der Waals surface area (Å²) in [5, 5.41) is 31.2. The predicted molar refractivity (Wildman–Crippen MR) is 215 cm³/mol. The highest BCUT2D eigenvalue weighted by atomic mass is 16.6. The van der Waals surface area contributed by atoms with Crippen LogP contribution in [0.25, 0.3) is 0 Å². The molecule has 12 heteroatoms. The summed E-state index contributed by atoms with van der Waals surface area (Å²) in [5.74, 6) is 6.07. The third-order valence-corrected chi connectivity index (χ3v) is 16.6. The molecule has 12 nitrogen and oxygen atoms in total. The largest absolute Gasteiger partial charge is 0.459 e. The molecule has 9 atom stereocenters. The molecule has 9 aliphatic rings. The first kappa shape index (κ1) is 40.2. The number of carbonyl (C=O) groups excluding carboxylic acids is 3. The Labute approximate surface area is 340 Å². The highest BCUT2D eigenvalue weighted by Crippen LogP contribution is 2.64. The van der Waals surface area contributed by atoms with Crippen molar-refractivity contribution < 1.29 is 29.3 Å². The Morgan fingerprint density at radius 3 is 2.18 bits per heavy atom. The van der Waals surface area contributed by atoms with Crippen molar-refractivity contribution in [3.63, 3.8) is 0 Å². The molecule has 4 saturated carbocycles. The molecule has 1 spiro atoms. The lowest BCUT2D eigenvalue weighted by Crippen LogP contribution is -2.66. The second-order valence-corrected chi connectivity index (χ2v) is 19.5. The van der Waals surface area contributed by atoms with E-state index in [0.717, 1.165) is 96.6 Å². The number of aliphatic hydroxyl groups is 2. The summed E-state index contributed by atoms with van der Waals surface area (Å²) in [6.07, 6.45) is 17.6. The Hall–Kier alpha value is -2.27. The van der Waals surface area contributed by atoms with Crippen LogP contribution in [0.15, 0.2) is 0 Å². The van der Waals surface area contributed by atoms with Gasteiger partial charge in [0.25, 0.3) is 0 Å². The molecule has 2 amide bonds. The Balaban J connectivity index is 1.17. The highest BCUT2D eigenvalue weighted by Gasteiger charge is 2.78. The summed E-state index contributed by atoms with van der Waals surface area (Å²) < 4.78 is 6.89. The van der Waals surface area contributed by atoms with Crippen LogP contribution in [0.4, 0.5) is 0 Å². The average Bonchev–Trinajstić information content (AvgIpc) is 3.73. The SMILES string of the molecule is O=C1O[C@H](C2CCCCC2)[C@H](C2CCCCC2)N2[C@H]1[C@@H](C(=O)N1CCN(C3NCCCN3)CC1)[C@]1(C(=O)NC3CCC(C#CCCO)CC31)[C@H]2C1CCC(O)CC1. The van der Waals surface area contributed by atoms with Gasteiger partial charge in [-0.3, -0.25) is 34.8 Å². The number of carbonyl (C=O) groups is 3. The number of cyclic esters (lactones) is 1.